The largest absolute Gasteiger partial charge is 0.381 e. The maximum atomic E-state index is 8.82. The highest BCUT2D eigenvalue weighted by atomic mass is 16.5. The van der Waals surface area contributed by atoms with E-state index in [4.69, 9.17) is 10.00 Å². The van der Waals surface area contributed by atoms with Crippen LogP contribution in [0.15, 0.2) is 24.3 Å². The van der Waals surface area contributed by atoms with Gasteiger partial charge in [0.15, 0.2) is 0 Å². The van der Waals surface area contributed by atoms with E-state index in [0.717, 1.165) is 11.3 Å². The third kappa shape index (κ3) is 2.75. The van der Waals surface area contributed by atoms with E-state index >= 15 is 0 Å². The van der Waals surface area contributed by atoms with E-state index in [1.165, 1.54) is 0 Å². The third-order valence-corrected chi connectivity index (χ3v) is 1.96. The van der Waals surface area contributed by atoms with Gasteiger partial charge in [-0.25, -0.2) is 0 Å². The van der Waals surface area contributed by atoms with Crippen LogP contribution in [0.2, 0.25) is 0 Å². The van der Waals surface area contributed by atoms with Gasteiger partial charge < -0.3 is 10.1 Å². The summed E-state index contributed by atoms with van der Waals surface area (Å²) in [6.45, 7) is 2.40. The van der Waals surface area contributed by atoms with Crippen LogP contribution >= 0.6 is 0 Å². The number of methoxy groups -OCH3 is 1. The Morgan fingerprint density at radius 3 is 2.79 bits per heavy atom. The minimum absolute atomic E-state index is 0.291. The molecule has 3 nitrogen and oxygen atoms in total. The number of hydrogen-bond donors (Lipinski definition) is 1. The molecule has 0 aliphatic rings. The van der Waals surface area contributed by atoms with Crippen LogP contribution < -0.4 is 5.32 Å². The summed E-state index contributed by atoms with van der Waals surface area (Å²) in [6, 6.07) is 9.72. The highest BCUT2D eigenvalue weighted by molar-refractivity contribution is 5.51. The number of rotatable bonds is 4. The average Bonchev–Trinajstić information content (AvgIpc) is 2.20. The smallest absolute Gasteiger partial charge is 0.138 e. The van der Waals surface area contributed by atoms with Gasteiger partial charge in [0.05, 0.1) is 12.7 Å². The number of benzene rings is 1. The van der Waals surface area contributed by atoms with Crippen molar-refractivity contribution in [3.05, 3.63) is 29.8 Å². The highest BCUT2D eigenvalue weighted by Crippen LogP contribution is 2.14. The fourth-order valence-electron chi connectivity index (χ4n) is 1.20. The number of hydrogen-bond acceptors (Lipinski definition) is 3. The van der Waals surface area contributed by atoms with E-state index in [-0.39, 0.29) is 6.04 Å². The fraction of sp³-hybridized carbons (Fsp3) is 0.364. The first-order valence-electron chi connectivity index (χ1n) is 4.48. The Morgan fingerprint density at radius 1 is 1.50 bits per heavy atom. The lowest BCUT2D eigenvalue weighted by molar-refractivity contribution is 0.198. The Kier molecular flexibility index (Phi) is 3.96. The van der Waals surface area contributed by atoms with Crippen LogP contribution in [-0.4, -0.2) is 19.8 Å². The van der Waals surface area contributed by atoms with E-state index in [1.54, 1.807) is 7.11 Å². The molecule has 1 rings (SSSR count). The molecule has 1 atom stereocenters. The molecule has 0 aliphatic carbocycles. The molecule has 1 aromatic rings. The van der Waals surface area contributed by atoms with E-state index in [1.807, 2.05) is 31.2 Å². The van der Waals surface area contributed by atoms with Gasteiger partial charge in [-0.2, -0.15) is 5.26 Å². The van der Waals surface area contributed by atoms with E-state index in [0.29, 0.717) is 6.61 Å². The minimum Gasteiger partial charge on any atom is -0.381 e. The molecule has 0 saturated carbocycles. The summed E-state index contributed by atoms with van der Waals surface area (Å²) >= 11 is 0. The Balaban J connectivity index is 2.68. The van der Waals surface area contributed by atoms with Gasteiger partial charge in [-0.3, -0.25) is 0 Å². The molecule has 0 saturated heterocycles. The number of nitriles is 1. The second kappa shape index (κ2) is 5.25. The van der Waals surface area contributed by atoms with E-state index in [2.05, 4.69) is 11.4 Å². The lowest BCUT2D eigenvalue weighted by atomic mass is 10.2. The van der Waals surface area contributed by atoms with Gasteiger partial charge in [0, 0.05) is 12.8 Å². The van der Waals surface area contributed by atoms with Crippen LogP contribution in [0.4, 0.5) is 5.69 Å². The predicted octanol–water partition coefficient (Wildman–Crippen LogP) is 1.95. The van der Waals surface area contributed by atoms with Gasteiger partial charge in [-0.15, -0.1) is 0 Å². The second-order valence-corrected chi connectivity index (χ2v) is 3.10. The van der Waals surface area contributed by atoms with E-state index in [9.17, 15) is 0 Å². The van der Waals surface area contributed by atoms with Crippen LogP contribution in [0.3, 0.4) is 0 Å². The summed E-state index contributed by atoms with van der Waals surface area (Å²) in [6.07, 6.45) is 0. The maximum absolute atomic E-state index is 8.82. The molecule has 0 fully saturated rings. The van der Waals surface area contributed by atoms with E-state index < -0.39 is 0 Å². The van der Waals surface area contributed by atoms with Gasteiger partial charge in [-0.1, -0.05) is 18.2 Å². The quantitative estimate of drug-likeness (QED) is 0.789. The monoisotopic (exact) mass is 190 g/mol. The average molecular weight is 190 g/mol. The fourth-order valence-corrected chi connectivity index (χ4v) is 1.20. The molecule has 0 aromatic heterocycles. The summed E-state index contributed by atoms with van der Waals surface area (Å²) in [5.41, 5.74) is 2.11. The van der Waals surface area contributed by atoms with Gasteiger partial charge in [0.2, 0.25) is 0 Å². The van der Waals surface area contributed by atoms with Crippen LogP contribution in [0.25, 0.3) is 0 Å². The summed E-state index contributed by atoms with van der Waals surface area (Å²) in [4.78, 5) is 0. The normalized spacial score (nSPS) is 11.8. The third-order valence-electron chi connectivity index (χ3n) is 1.96. The second-order valence-electron chi connectivity index (χ2n) is 3.10. The zero-order valence-electron chi connectivity index (χ0n) is 8.45. The standard InChI is InChI=1S/C11H14N2O/c1-9-5-3-4-6-11(9)13-10(7-12)8-14-2/h3-6,10,13H,8H2,1-2H3. The van der Waals surface area contributed by atoms with Gasteiger partial charge in [0.1, 0.15) is 6.04 Å². The van der Waals surface area contributed by atoms with Gasteiger partial charge in [0.25, 0.3) is 0 Å². The van der Waals surface area contributed by atoms with Crippen molar-refractivity contribution in [2.45, 2.75) is 13.0 Å². The molecule has 0 amide bonds. The molecule has 1 N–H and O–H groups in total. The Labute approximate surface area is 84.3 Å². The van der Waals surface area contributed by atoms with Crippen molar-refractivity contribution in [1.82, 2.24) is 0 Å². The van der Waals surface area contributed by atoms with Crippen LogP contribution in [0.5, 0.6) is 0 Å². The SMILES string of the molecule is COCC(C#N)Nc1ccccc1C. The van der Waals surface area contributed by atoms with Crippen LogP contribution in [-0.2, 0) is 4.74 Å². The Morgan fingerprint density at radius 2 is 2.21 bits per heavy atom. The topological polar surface area (TPSA) is 45.0 Å². The highest BCUT2D eigenvalue weighted by Gasteiger charge is 2.06. The molecule has 0 spiro atoms. The molecule has 0 bridgehead atoms. The lowest BCUT2D eigenvalue weighted by Gasteiger charge is -2.13. The summed E-state index contributed by atoms with van der Waals surface area (Å²) < 4.78 is 4.92. The number of nitrogens with one attached hydrogen (secondary N) is 1. The first-order chi connectivity index (χ1) is 6.77. The molecule has 0 radical (unpaired) electrons. The zero-order chi connectivity index (χ0) is 10.4. The molecule has 74 valence electrons. The molecular formula is C11H14N2O. The van der Waals surface area contributed by atoms with Crippen molar-refractivity contribution in [2.75, 3.05) is 19.0 Å². The molecule has 0 aliphatic heterocycles. The summed E-state index contributed by atoms with van der Waals surface area (Å²) in [5, 5.41) is 11.9. The van der Waals surface area contributed by atoms with Crippen molar-refractivity contribution in [3.63, 3.8) is 0 Å². The number of anilines is 1. The Bertz CT molecular complexity index is 330. The maximum Gasteiger partial charge on any atom is 0.138 e. The molecule has 1 unspecified atom stereocenters. The minimum atomic E-state index is -0.291. The summed E-state index contributed by atoms with van der Waals surface area (Å²) in [5.74, 6) is 0. The van der Waals surface area contributed by atoms with Crippen molar-refractivity contribution in [1.29, 1.82) is 5.26 Å². The molecule has 0 heterocycles. The molecule has 3 heteroatoms. The van der Waals surface area contributed by atoms with Crippen molar-refractivity contribution in [2.24, 2.45) is 0 Å². The summed E-state index contributed by atoms with van der Waals surface area (Å²) in [7, 11) is 1.59. The molecule has 1 aromatic carbocycles. The lowest BCUT2D eigenvalue weighted by Crippen LogP contribution is -2.23. The van der Waals surface area contributed by atoms with Gasteiger partial charge in [-0.05, 0) is 18.6 Å². The number of aryl methyl sites for hydroxylation is 1. The number of nitrogens with zero attached hydrogens (tertiary/aromatic N) is 1. The first-order valence-corrected chi connectivity index (χ1v) is 4.48. The van der Waals surface area contributed by atoms with Crippen LogP contribution in [0.1, 0.15) is 5.56 Å². The molecular weight excluding hydrogens is 176 g/mol. The number of para-hydroxylation sites is 1. The van der Waals surface area contributed by atoms with Crippen molar-refractivity contribution < 1.29 is 4.74 Å². The molecule has 14 heavy (non-hydrogen) atoms. The van der Waals surface area contributed by atoms with Crippen LogP contribution in [0, 0.1) is 18.3 Å². The Hall–Kier alpha value is -1.53. The van der Waals surface area contributed by atoms with Crippen molar-refractivity contribution >= 4 is 5.69 Å². The zero-order valence-corrected chi connectivity index (χ0v) is 8.45. The van der Waals surface area contributed by atoms with Crippen molar-refractivity contribution in [3.8, 4) is 6.07 Å². The number of ether oxygens (including phenoxy) is 1. The predicted molar refractivity (Wildman–Crippen MR) is 56.1 cm³/mol. The first kappa shape index (κ1) is 10.6. The van der Waals surface area contributed by atoms with Gasteiger partial charge >= 0.3 is 0 Å².